The van der Waals surface area contributed by atoms with Gasteiger partial charge in [0.15, 0.2) is 0 Å². The lowest BCUT2D eigenvalue weighted by Gasteiger charge is -2.38. The molecule has 104 valence electrons. The molecule has 2 amide bonds. The molecule has 6 nitrogen and oxygen atoms in total. The van der Waals surface area contributed by atoms with E-state index in [1.807, 2.05) is 0 Å². The standard InChI is InChI=1S/C11H14ClN3O3S/c1-13-11(16)14-9-6-15(7-9)19(17,18)10-4-2-3-8(12)5-10/h2-5,9H,6-7H2,1H3,(H2,13,14,16). The minimum Gasteiger partial charge on any atom is -0.341 e. The Morgan fingerprint density at radius 2 is 2.11 bits per heavy atom. The van der Waals surface area contributed by atoms with Crippen LogP contribution in [0.5, 0.6) is 0 Å². The molecule has 0 radical (unpaired) electrons. The lowest BCUT2D eigenvalue weighted by atomic mass is 10.2. The molecular formula is C11H14ClN3O3S. The fourth-order valence-corrected chi connectivity index (χ4v) is 3.59. The minimum absolute atomic E-state index is 0.158. The largest absolute Gasteiger partial charge is 0.341 e. The summed E-state index contributed by atoms with van der Waals surface area (Å²) in [5.41, 5.74) is 0. The highest BCUT2D eigenvalue weighted by Crippen LogP contribution is 2.23. The number of amides is 2. The van der Waals surface area contributed by atoms with Crippen molar-refractivity contribution in [2.45, 2.75) is 10.9 Å². The van der Waals surface area contributed by atoms with Gasteiger partial charge in [-0.1, -0.05) is 17.7 Å². The average Bonchev–Trinajstić information content (AvgIpc) is 2.32. The molecule has 0 aromatic heterocycles. The summed E-state index contributed by atoms with van der Waals surface area (Å²) in [6.07, 6.45) is 0. The first-order valence-corrected chi connectivity index (χ1v) is 7.49. The van der Waals surface area contributed by atoms with Gasteiger partial charge < -0.3 is 10.6 Å². The molecule has 1 aliphatic heterocycles. The Hall–Kier alpha value is -1.31. The van der Waals surface area contributed by atoms with Gasteiger partial charge in [-0.3, -0.25) is 0 Å². The smallest absolute Gasteiger partial charge is 0.314 e. The van der Waals surface area contributed by atoms with E-state index in [1.54, 1.807) is 12.1 Å². The lowest BCUT2D eigenvalue weighted by Crippen LogP contribution is -2.61. The second-order valence-corrected chi connectivity index (χ2v) is 6.57. The summed E-state index contributed by atoms with van der Waals surface area (Å²) in [5.74, 6) is 0. The molecule has 0 unspecified atom stereocenters. The second-order valence-electron chi connectivity index (χ2n) is 4.20. The monoisotopic (exact) mass is 303 g/mol. The van der Waals surface area contributed by atoms with Crippen LogP contribution in [0.1, 0.15) is 0 Å². The lowest BCUT2D eigenvalue weighted by molar-refractivity contribution is 0.206. The zero-order chi connectivity index (χ0) is 14.0. The maximum Gasteiger partial charge on any atom is 0.314 e. The summed E-state index contributed by atoms with van der Waals surface area (Å²) in [7, 11) is -2.01. The van der Waals surface area contributed by atoms with Crippen molar-refractivity contribution in [3.63, 3.8) is 0 Å². The zero-order valence-electron chi connectivity index (χ0n) is 10.3. The molecular weight excluding hydrogens is 290 g/mol. The van der Waals surface area contributed by atoms with Crippen LogP contribution in [0.3, 0.4) is 0 Å². The fourth-order valence-electron chi connectivity index (χ4n) is 1.76. The fraction of sp³-hybridized carbons (Fsp3) is 0.364. The van der Waals surface area contributed by atoms with Crippen LogP contribution in [0.2, 0.25) is 5.02 Å². The van der Waals surface area contributed by atoms with E-state index in [2.05, 4.69) is 10.6 Å². The highest BCUT2D eigenvalue weighted by atomic mass is 35.5. The number of urea groups is 1. The predicted octanol–water partition coefficient (Wildman–Crippen LogP) is 0.642. The van der Waals surface area contributed by atoms with E-state index in [0.717, 1.165) is 0 Å². The summed E-state index contributed by atoms with van der Waals surface area (Å²) in [4.78, 5) is 11.2. The number of carbonyl (C=O) groups excluding carboxylic acids is 1. The van der Waals surface area contributed by atoms with Gasteiger partial charge in [0.1, 0.15) is 0 Å². The summed E-state index contributed by atoms with van der Waals surface area (Å²) in [6, 6.07) is 5.65. The summed E-state index contributed by atoms with van der Waals surface area (Å²) in [5, 5.41) is 5.45. The van der Waals surface area contributed by atoms with Gasteiger partial charge in [-0.15, -0.1) is 0 Å². The molecule has 19 heavy (non-hydrogen) atoms. The predicted molar refractivity (Wildman–Crippen MR) is 71.6 cm³/mol. The normalized spacial score (nSPS) is 16.7. The van der Waals surface area contributed by atoms with Gasteiger partial charge in [-0.25, -0.2) is 13.2 Å². The molecule has 1 fully saturated rings. The van der Waals surface area contributed by atoms with Crippen LogP contribution in [-0.4, -0.2) is 44.9 Å². The molecule has 0 saturated carbocycles. The summed E-state index contributed by atoms with van der Waals surface area (Å²) < 4.78 is 25.7. The molecule has 0 bridgehead atoms. The third-order valence-electron chi connectivity index (χ3n) is 2.84. The van der Waals surface area contributed by atoms with Crippen molar-refractivity contribution in [1.29, 1.82) is 0 Å². The van der Waals surface area contributed by atoms with E-state index >= 15 is 0 Å². The number of nitrogens with one attached hydrogen (secondary N) is 2. The van der Waals surface area contributed by atoms with Crippen LogP contribution in [-0.2, 0) is 10.0 Å². The maximum absolute atomic E-state index is 12.2. The number of carbonyl (C=O) groups is 1. The molecule has 1 aromatic rings. The first kappa shape index (κ1) is 14.1. The molecule has 1 heterocycles. The van der Waals surface area contributed by atoms with Crippen LogP contribution in [0.25, 0.3) is 0 Å². The average molecular weight is 304 g/mol. The molecule has 1 saturated heterocycles. The van der Waals surface area contributed by atoms with Gasteiger partial charge in [0.2, 0.25) is 10.0 Å². The Labute approximate surface area is 116 Å². The van der Waals surface area contributed by atoms with E-state index in [9.17, 15) is 13.2 Å². The molecule has 8 heteroatoms. The zero-order valence-corrected chi connectivity index (χ0v) is 11.8. The number of halogens is 1. The Balaban J connectivity index is 2.02. The van der Waals surface area contributed by atoms with Crippen LogP contribution in [0.4, 0.5) is 4.79 Å². The van der Waals surface area contributed by atoms with Crippen molar-refractivity contribution < 1.29 is 13.2 Å². The number of hydrogen-bond acceptors (Lipinski definition) is 3. The van der Waals surface area contributed by atoms with Gasteiger partial charge in [-0.05, 0) is 18.2 Å². The number of rotatable bonds is 3. The third kappa shape index (κ3) is 2.99. The van der Waals surface area contributed by atoms with E-state index in [-0.39, 0.29) is 30.1 Å². The van der Waals surface area contributed by atoms with E-state index < -0.39 is 10.0 Å². The van der Waals surface area contributed by atoms with Crippen LogP contribution in [0.15, 0.2) is 29.2 Å². The Bertz CT molecular complexity index is 585. The molecule has 1 aromatic carbocycles. The summed E-state index contributed by atoms with van der Waals surface area (Å²) >= 11 is 5.78. The third-order valence-corrected chi connectivity index (χ3v) is 4.91. The van der Waals surface area contributed by atoms with E-state index in [0.29, 0.717) is 5.02 Å². The van der Waals surface area contributed by atoms with Gasteiger partial charge in [0, 0.05) is 25.2 Å². The van der Waals surface area contributed by atoms with Gasteiger partial charge in [-0.2, -0.15) is 4.31 Å². The Kier molecular flexibility index (Phi) is 3.98. The van der Waals surface area contributed by atoms with E-state index in [4.69, 9.17) is 11.6 Å². The van der Waals surface area contributed by atoms with Crippen LogP contribution < -0.4 is 10.6 Å². The molecule has 2 N–H and O–H groups in total. The summed E-state index contributed by atoms with van der Waals surface area (Å²) in [6.45, 7) is 0.532. The van der Waals surface area contributed by atoms with Crippen molar-refractivity contribution >= 4 is 27.7 Å². The van der Waals surface area contributed by atoms with Gasteiger partial charge >= 0.3 is 6.03 Å². The first-order valence-electron chi connectivity index (χ1n) is 5.67. The van der Waals surface area contributed by atoms with E-state index in [1.165, 1.54) is 23.5 Å². The van der Waals surface area contributed by atoms with Crippen molar-refractivity contribution in [1.82, 2.24) is 14.9 Å². The van der Waals surface area contributed by atoms with Crippen molar-refractivity contribution in [3.8, 4) is 0 Å². The number of benzene rings is 1. The number of nitrogens with zero attached hydrogens (tertiary/aromatic N) is 1. The topological polar surface area (TPSA) is 78.5 Å². The molecule has 2 rings (SSSR count). The van der Waals surface area contributed by atoms with Crippen molar-refractivity contribution in [2.75, 3.05) is 20.1 Å². The first-order chi connectivity index (χ1) is 8.93. The number of hydrogen-bond donors (Lipinski definition) is 2. The van der Waals surface area contributed by atoms with Crippen LogP contribution >= 0.6 is 11.6 Å². The molecule has 0 spiro atoms. The second kappa shape index (κ2) is 5.36. The van der Waals surface area contributed by atoms with Crippen molar-refractivity contribution in [2.24, 2.45) is 0 Å². The highest BCUT2D eigenvalue weighted by molar-refractivity contribution is 7.89. The quantitative estimate of drug-likeness (QED) is 0.860. The highest BCUT2D eigenvalue weighted by Gasteiger charge is 2.37. The van der Waals surface area contributed by atoms with Crippen molar-refractivity contribution in [3.05, 3.63) is 29.3 Å². The molecule has 0 atom stereocenters. The Morgan fingerprint density at radius 3 is 2.68 bits per heavy atom. The van der Waals surface area contributed by atoms with Gasteiger partial charge in [0.25, 0.3) is 0 Å². The molecule has 0 aliphatic carbocycles. The molecule has 1 aliphatic rings. The SMILES string of the molecule is CNC(=O)NC1CN(S(=O)(=O)c2cccc(Cl)c2)C1. The number of sulfonamides is 1. The van der Waals surface area contributed by atoms with Crippen LogP contribution in [0, 0.1) is 0 Å². The Morgan fingerprint density at radius 1 is 1.42 bits per heavy atom. The van der Waals surface area contributed by atoms with Gasteiger partial charge in [0.05, 0.1) is 10.9 Å². The maximum atomic E-state index is 12.2. The minimum atomic E-state index is -3.52.